The van der Waals surface area contributed by atoms with Crippen molar-refractivity contribution in [3.63, 3.8) is 0 Å². The van der Waals surface area contributed by atoms with Gasteiger partial charge < -0.3 is 0 Å². The van der Waals surface area contributed by atoms with Gasteiger partial charge in [0.25, 0.3) is 5.91 Å². The van der Waals surface area contributed by atoms with E-state index < -0.39 is 5.91 Å². The number of fused-ring (bicyclic) bond motifs is 1. The van der Waals surface area contributed by atoms with Gasteiger partial charge in [0.2, 0.25) is 0 Å². The van der Waals surface area contributed by atoms with E-state index in [1.807, 2.05) is 19.2 Å². The van der Waals surface area contributed by atoms with Gasteiger partial charge in [0.1, 0.15) is 0 Å². The smallest absolute Gasteiger partial charge is 0.274 e. The van der Waals surface area contributed by atoms with Crippen LogP contribution in [0.5, 0.6) is 0 Å². The molecule has 0 spiro atoms. The molecule has 0 atom stereocenters. The number of hydrogen-bond acceptors (Lipinski definition) is 3. The quantitative estimate of drug-likeness (QED) is 0.510. The Hall–Kier alpha value is -1.39. The van der Waals surface area contributed by atoms with E-state index >= 15 is 0 Å². The van der Waals surface area contributed by atoms with Crippen LogP contribution in [-0.2, 0) is 13.1 Å². The van der Waals surface area contributed by atoms with Crippen LogP contribution < -0.4 is 5.48 Å². The van der Waals surface area contributed by atoms with Gasteiger partial charge in [-0.1, -0.05) is 6.07 Å². The first-order chi connectivity index (χ1) is 6.70. The van der Waals surface area contributed by atoms with Crippen molar-refractivity contribution in [2.24, 2.45) is 0 Å². The molecule has 0 fully saturated rings. The zero-order valence-corrected chi connectivity index (χ0v) is 7.95. The molecule has 74 valence electrons. The maximum Gasteiger partial charge on any atom is 0.274 e. The molecule has 14 heavy (non-hydrogen) atoms. The summed E-state index contributed by atoms with van der Waals surface area (Å²) in [6.45, 7) is 1.79. The number of hydroxylamine groups is 1. The zero-order chi connectivity index (χ0) is 10.1. The first-order valence-corrected chi connectivity index (χ1v) is 4.45. The van der Waals surface area contributed by atoms with Gasteiger partial charge in [0, 0.05) is 18.7 Å². The third-order valence-corrected chi connectivity index (χ3v) is 2.45. The molecule has 2 rings (SSSR count). The van der Waals surface area contributed by atoms with Crippen molar-refractivity contribution in [2.75, 3.05) is 7.05 Å². The highest BCUT2D eigenvalue weighted by Crippen LogP contribution is 2.22. The minimum atomic E-state index is -0.456. The van der Waals surface area contributed by atoms with Crippen LogP contribution in [0.2, 0.25) is 0 Å². The molecular weight excluding hydrogens is 180 g/mol. The molecular formula is C10H12N2O2. The maximum absolute atomic E-state index is 11.1. The standard InChI is InChI=1S/C10H12N2O2/c1-12-5-8-3-2-7(10(13)11-14)4-9(8)6-12/h2-4,14H,5-6H2,1H3,(H,11,13). The molecule has 0 saturated carbocycles. The third-order valence-electron chi connectivity index (χ3n) is 2.45. The fourth-order valence-electron chi connectivity index (χ4n) is 1.77. The number of nitrogens with zero attached hydrogens (tertiary/aromatic N) is 1. The van der Waals surface area contributed by atoms with E-state index in [0.717, 1.165) is 18.7 Å². The Kier molecular flexibility index (Phi) is 2.23. The monoisotopic (exact) mass is 192 g/mol. The first kappa shape index (κ1) is 9.18. The Balaban J connectivity index is 2.33. The van der Waals surface area contributed by atoms with Gasteiger partial charge in [-0.3, -0.25) is 14.9 Å². The van der Waals surface area contributed by atoms with Crippen LogP contribution >= 0.6 is 0 Å². The van der Waals surface area contributed by atoms with E-state index in [1.54, 1.807) is 11.5 Å². The topological polar surface area (TPSA) is 52.6 Å². The van der Waals surface area contributed by atoms with Gasteiger partial charge in [0.05, 0.1) is 0 Å². The van der Waals surface area contributed by atoms with Gasteiger partial charge in [0.15, 0.2) is 0 Å². The van der Waals surface area contributed by atoms with Crippen molar-refractivity contribution >= 4 is 5.91 Å². The minimum Gasteiger partial charge on any atom is -0.298 e. The van der Waals surface area contributed by atoms with Crippen molar-refractivity contribution < 1.29 is 10.0 Å². The molecule has 2 N–H and O–H groups in total. The van der Waals surface area contributed by atoms with Gasteiger partial charge in [-0.2, -0.15) is 0 Å². The first-order valence-electron chi connectivity index (χ1n) is 4.45. The normalized spacial score (nSPS) is 15.3. The number of carbonyl (C=O) groups excluding carboxylic acids is 1. The molecule has 4 nitrogen and oxygen atoms in total. The van der Waals surface area contributed by atoms with Crippen molar-refractivity contribution in [1.29, 1.82) is 0 Å². The summed E-state index contributed by atoms with van der Waals surface area (Å²) in [7, 11) is 2.03. The van der Waals surface area contributed by atoms with Crippen molar-refractivity contribution in [3.8, 4) is 0 Å². The van der Waals surface area contributed by atoms with Gasteiger partial charge in [-0.25, -0.2) is 5.48 Å². The van der Waals surface area contributed by atoms with E-state index in [4.69, 9.17) is 5.21 Å². The van der Waals surface area contributed by atoms with Crippen LogP contribution in [0.1, 0.15) is 21.5 Å². The molecule has 1 amide bonds. The van der Waals surface area contributed by atoms with Crippen LogP contribution in [0.4, 0.5) is 0 Å². The lowest BCUT2D eigenvalue weighted by molar-refractivity contribution is 0.0706. The van der Waals surface area contributed by atoms with Gasteiger partial charge in [-0.05, 0) is 30.3 Å². The minimum absolute atomic E-state index is 0.456. The van der Waals surface area contributed by atoms with Crippen LogP contribution in [0, 0.1) is 0 Å². The van der Waals surface area contributed by atoms with Gasteiger partial charge in [-0.15, -0.1) is 0 Å². The van der Waals surface area contributed by atoms with E-state index in [9.17, 15) is 4.79 Å². The Labute approximate surface area is 82.1 Å². The molecule has 0 aliphatic carbocycles. The fourth-order valence-corrected chi connectivity index (χ4v) is 1.77. The second-order valence-corrected chi connectivity index (χ2v) is 3.60. The summed E-state index contributed by atoms with van der Waals surface area (Å²) in [6, 6.07) is 5.48. The number of nitrogens with one attached hydrogen (secondary N) is 1. The second kappa shape index (κ2) is 3.40. The number of carbonyl (C=O) groups is 1. The SMILES string of the molecule is CN1Cc2ccc(C(=O)NO)cc2C1. The average Bonchev–Trinajstić information content (AvgIpc) is 2.55. The van der Waals surface area contributed by atoms with Crippen molar-refractivity contribution in [1.82, 2.24) is 10.4 Å². The molecule has 1 aromatic rings. The molecule has 0 bridgehead atoms. The predicted molar refractivity (Wildman–Crippen MR) is 50.9 cm³/mol. The zero-order valence-electron chi connectivity index (χ0n) is 7.95. The van der Waals surface area contributed by atoms with E-state index in [-0.39, 0.29) is 0 Å². The second-order valence-electron chi connectivity index (χ2n) is 3.60. The molecule has 1 aliphatic heterocycles. The molecule has 0 aromatic heterocycles. The van der Waals surface area contributed by atoms with E-state index in [2.05, 4.69) is 4.90 Å². The highest BCUT2D eigenvalue weighted by molar-refractivity contribution is 5.93. The number of amides is 1. The summed E-state index contributed by atoms with van der Waals surface area (Å²) in [5, 5.41) is 8.48. The van der Waals surface area contributed by atoms with Crippen LogP contribution in [0.3, 0.4) is 0 Å². The average molecular weight is 192 g/mol. The Morgan fingerprint density at radius 3 is 2.86 bits per heavy atom. The number of rotatable bonds is 1. The van der Waals surface area contributed by atoms with Crippen LogP contribution in [0.15, 0.2) is 18.2 Å². The summed E-state index contributed by atoms with van der Waals surface area (Å²) in [6.07, 6.45) is 0. The Morgan fingerprint density at radius 1 is 1.43 bits per heavy atom. The fraction of sp³-hybridized carbons (Fsp3) is 0.300. The molecule has 0 saturated heterocycles. The van der Waals surface area contributed by atoms with Crippen molar-refractivity contribution in [2.45, 2.75) is 13.1 Å². The lowest BCUT2D eigenvalue weighted by atomic mass is 10.1. The lowest BCUT2D eigenvalue weighted by Gasteiger charge is -2.02. The molecule has 0 unspecified atom stereocenters. The van der Waals surface area contributed by atoms with Crippen molar-refractivity contribution in [3.05, 3.63) is 34.9 Å². The summed E-state index contributed by atoms with van der Waals surface area (Å²) in [5.41, 5.74) is 4.55. The highest BCUT2D eigenvalue weighted by atomic mass is 16.5. The van der Waals surface area contributed by atoms with Crippen LogP contribution in [-0.4, -0.2) is 23.1 Å². The molecule has 4 heteroatoms. The highest BCUT2D eigenvalue weighted by Gasteiger charge is 2.16. The third kappa shape index (κ3) is 1.49. The van der Waals surface area contributed by atoms with Gasteiger partial charge >= 0.3 is 0 Å². The molecule has 0 radical (unpaired) electrons. The molecule has 1 heterocycles. The summed E-state index contributed by atoms with van der Waals surface area (Å²) in [5.74, 6) is -0.456. The Bertz CT molecular complexity index is 376. The molecule has 1 aliphatic rings. The van der Waals surface area contributed by atoms with Crippen LogP contribution in [0.25, 0.3) is 0 Å². The maximum atomic E-state index is 11.1. The number of benzene rings is 1. The van der Waals surface area contributed by atoms with E-state index in [1.165, 1.54) is 5.56 Å². The lowest BCUT2D eigenvalue weighted by Crippen LogP contribution is -2.18. The Morgan fingerprint density at radius 2 is 2.14 bits per heavy atom. The summed E-state index contributed by atoms with van der Waals surface area (Å²) < 4.78 is 0. The molecule has 1 aromatic carbocycles. The predicted octanol–water partition coefficient (Wildman–Crippen LogP) is 0.751. The summed E-state index contributed by atoms with van der Waals surface area (Å²) in [4.78, 5) is 13.3. The van der Waals surface area contributed by atoms with E-state index in [0.29, 0.717) is 5.56 Å². The number of hydrogen-bond donors (Lipinski definition) is 2. The summed E-state index contributed by atoms with van der Waals surface area (Å²) >= 11 is 0. The largest absolute Gasteiger partial charge is 0.298 e.